The van der Waals surface area contributed by atoms with E-state index in [1.807, 2.05) is 0 Å². The number of hydrogen-bond acceptors (Lipinski definition) is 8. The third kappa shape index (κ3) is 4.41. The van der Waals surface area contributed by atoms with Crippen LogP contribution >= 0.6 is 0 Å². The lowest BCUT2D eigenvalue weighted by atomic mass is 10.0. The normalized spacial score (nSPS) is 16.4. The first-order valence-corrected chi connectivity index (χ1v) is 11.0. The van der Waals surface area contributed by atoms with Crippen LogP contribution in [0.5, 0.6) is 0 Å². The SMILES string of the molecule is O=C1C=C(c2ccc([N+](=O)[O-])cc2)OC2(c3ccccc3)CN1C(=O)C=C(c1ccc([N+](=O)[O-])cc1)O2. The van der Waals surface area contributed by atoms with Crippen LogP contribution in [0.15, 0.2) is 91.0 Å². The molecule has 0 aliphatic carbocycles. The molecule has 2 bridgehead atoms. The fourth-order valence-electron chi connectivity index (χ4n) is 4.03. The molecular formula is C26H17N3O8. The Morgan fingerprint density at radius 3 is 1.51 bits per heavy atom. The molecule has 3 aromatic carbocycles. The maximum absolute atomic E-state index is 13.2. The first-order chi connectivity index (χ1) is 17.8. The Morgan fingerprint density at radius 2 is 1.11 bits per heavy atom. The molecule has 37 heavy (non-hydrogen) atoms. The second-order valence-corrected chi connectivity index (χ2v) is 8.21. The van der Waals surface area contributed by atoms with Gasteiger partial charge >= 0.3 is 0 Å². The first kappa shape index (κ1) is 23.4. The summed E-state index contributed by atoms with van der Waals surface area (Å²) >= 11 is 0. The lowest BCUT2D eigenvalue weighted by Crippen LogP contribution is -2.45. The first-order valence-electron chi connectivity index (χ1n) is 11.0. The number of imide groups is 1. The summed E-state index contributed by atoms with van der Waals surface area (Å²) in [6.07, 6.45) is 2.27. The average Bonchev–Trinajstić information content (AvgIpc) is 3.16. The molecule has 0 spiro atoms. The molecule has 11 nitrogen and oxygen atoms in total. The molecule has 3 aromatic rings. The van der Waals surface area contributed by atoms with Crippen molar-refractivity contribution in [2.75, 3.05) is 6.54 Å². The van der Waals surface area contributed by atoms with Gasteiger partial charge in [0.1, 0.15) is 18.1 Å². The minimum atomic E-state index is -1.69. The molecule has 2 aliphatic heterocycles. The van der Waals surface area contributed by atoms with Gasteiger partial charge in [-0.25, -0.2) is 0 Å². The fraction of sp³-hybridized carbons (Fsp3) is 0.0769. The van der Waals surface area contributed by atoms with Gasteiger partial charge in [-0.2, -0.15) is 0 Å². The van der Waals surface area contributed by atoms with Crippen molar-refractivity contribution >= 4 is 34.7 Å². The third-order valence-electron chi connectivity index (χ3n) is 5.90. The smallest absolute Gasteiger partial charge is 0.296 e. The quantitative estimate of drug-likeness (QED) is 0.289. The number of nitrogens with zero attached hydrogens (tertiary/aromatic N) is 3. The third-order valence-corrected chi connectivity index (χ3v) is 5.90. The zero-order valence-electron chi connectivity index (χ0n) is 19.0. The van der Waals surface area contributed by atoms with E-state index < -0.39 is 27.4 Å². The largest absolute Gasteiger partial charge is 0.446 e. The summed E-state index contributed by atoms with van der Waals surface area (Å²) in [5, 5.41) is 22.2. The van der Waals surface area contributed by atoms with Crippen molar-refractivity contribution < 1.29 is 28.9 Å². The molecule has 0 saturated heterocycles. The Morgan fingerprint density at radius 1 is 0.676 bits per heavy atom. The van der Waals surface area contributed by atoms with E-state index in [0.29, 0.717) is 16.7 Å². The van der Waals surface area contributed by atoms with Crippen molar-refractivity contribution in [3.63, 3.8) is 0 Å². The average molecular weight is 499 g/mol. The van der Waals surface area contributed by atoms with Gasteiger partial charge in [0.2, 0.25) is 0 Å². The predicted octanol–water partition coefficient (Wildman–Crippen LogP) is 4.15. The van der Waals surface area contributed by atoms with E-state index in [1.165, 1.54) is 48.5 Å². The highest BCUT2D eigenvalue weighted by molar-refractivity contribution is 6.09. The predicted molar refractivity (Wildman–Crippen MR) is 129 cm³/mol. The van der Waals surface area contributed by atoms with Crippen molar-refractivity contribution in [3.8, 4) is 0 Å². The number of carbonyl (C=O) groups is 2. The highest BCUT2D eigenvalue weighted by atomic mass is 16.7. The molecule has 0 fully saturated rings. The van der Waals surface area contributed by atoms with Gasteiger partial charge in [-0.05, 0) is 24.3 Å². The van der Waals surface area contributed by atoms with Crippen LogP contribution in [-0.2, 0) is 24.8 Å². The van der Waals surface area contributed by atoms with Crippen molar-refractivity contribution in [2.45, 2.75) is 5.79 Å². The van der Waals surface area contributed by atoms with Crippen LogP contribution in [0.25, 0.3) is 11.5 Å². The van der Waals surface area contributed by atoms with Crippen molar-refractivity contribution in [2.24, 2.45) is 0 Å². The van der Waals surface area contributed by atoms with Gasteiger partial charge in [0, 0.05) is 53.1 Å². The maximum atomic E-state index is 13.2. The molecule has 184 valence electrons. The van der Waals surface area contributed by atoms with Crippen LogP contribution in [0, 0.1) is 20.2 Å². The minimum Gasteiger partial charge on any atom is -0.446 e. The fourth-order valence-corrected chi connectivity index (χ4v) is 4.03. The molecule has 5 rings (SSSR count). The van der Waals surface area contributed by atoms with E-state index in [1.54, 1.807) is 30.3 Å². The number of hydrogen-bond donors (Lipinski definition) is 0. The summed E-state index contributed by atoms with van der Waals surface area (Å²) in [5.41, 5.74) is 0.926. The second kappa shape index (κ2) is 9.04. The number of non-ortho nitro benzene ring substituents is 2. The van der Waals surface area contributed by atoms with Gasteiger partial charge in [0.05, 0.1) is 9.85 Å². The molecular weight excluding hydrogens is 482 g/mol. The van der Waals surface area contributed by atoms with Gasteiger partial charge in [-0.3, -0.25) is 34.7 Å². The Labute approximate surface area is 209 Å². The number of nitro groups is 2. The summed E-state index contributed by atoms with van der Waals surface area (Å²) < 4.78 is 12.7. The van der Waals surface area contributed by atoms with Gasteiger partial charge in [-0.15, -0.1) is 0 Å². The van der Waals surface area contributed by atoms with E-state index >= 15 is 0 Å². The van der Waals surface area contributed by atoms with Crippen molar-refractivity contribution in [1.29, 1.82) is 0 Å². The van der Waals surface area contributed by atoms with Crippen molar-refractivity contribution in [3.05, 3.63) is 128 Å². The number of nitro benzene ring substituents is 2. The van der Waals surface area contributed by atoms with E-state index in [4.69, 9.17) is 9.47 Å². The van der Waals surface area contributed by atoms with E-state index in [2.05, 4.69) is 0 Å². The van der Waals surface area contributed by atoms with Crippen LogP contribution < -0.4 is 0 Å². The Balaban J connectivity index is 1.64. The van der Waals surface area contributed by atoms with Gasteiger partial charge < -0.3 is 9.47 Å². The molecule has 2 heterocycles. The molecule has 0 N–H and O–H groups in total. The van der Waals surface area contributed by atoms with E-state index in [0.717, 1.165) is 17.1 Å². The lowest BCUT2D eigenvalue weighted by Gasteiger charge is -2.35. The number of fused-ring (bicyclic) bond motifs is 2. The monoisotopic (exact) mass is 499 g/mol. The number of amides is 2. The van der Waals surface area contributed by atoms with Gasteiger partial charge in [0.25, 0.3) is 29.0 Å². The van der Waals surface area contributed by atoms with Crippen LogP contribution in [0.4, 0.5) is 11.4 Å². The summed E-state index contributed by atoms with van der Waals surface area (Å²) in [7, 11) is 0. The van der Waals surface area contributed by atoms with Crippen LogP contribution in [0.1, 0.15) is 16.7 Å². The summed E-state index contributed by atoms with van der Waals surface area (Å²) in [5.74, 6) is -2.93. The summed E-state index contributed by atoms with van der Waals surface area (Å²) in [6, 6.07) is 19.5. The standard InChI is InChI=1S/C26H17N3O8/c30-24-14-22(17-6-10-20(11-7-17)28(32)33)36-26(19-4-2-1-3-5-19)16-27(24)25(31)15-23(37-26)18-8-12-21(13-9-18)29(34)35/h1-15H,16H2. The Hall–Kier alpha value is -5.32. The zero-order chi connectivity index (χ0) is 26.2. The van der Waals surface area contributed by atoms with E-state index in [9.17, 15) is 29.8 Å². The highest BCUT2D eigenvalue weighted by Crippen LogP contribution is 2.42. The second-order valence-electron chi connectivity index (χ2n) is 8.21. The van der Waals surface area contributed by atoms with Gasteiger partial charge in [0.15, 0.2) is 0 Å². The van der Waals surface area contributed by atoms with Crippen molar-refractivity contribution in [1.82, 2.24) is 4.90 Å². The van der Waals surface area contributed by atoms with E-state index in [-0.39, 0.29) is 29.4 Å². The van der Waals surface area contributed by atoms with Crippen LogP contribution in [0.3, 0.4) is 0 Å². The maximum Gasteiger partial charge on any atom is 0.296 e. The highest BCUT2D eigenvalue weighted by Gasteiger charge is 2.47. The molecule has 2 aliphatic rings. The summed E-state index contributed by atoms with van der Waals surface area (Å²) in [6.45, 7) is -0.297. The van der Waals surface area contributed by atoms with Gasteiger partial charge in [-0.1, -0.05) is 30.3 Å². The van der Waals surface area contributed by atoms with Crippen LogP contribution in [0.2, 0.25) is 0 Å². The zero-order valence-corrected chi connectivity index (χ0v) is 19.0. The number of ether oxygens (including phenoxy) is 2. The molecule has 0 aromatic heterocycles. The molecule has 0 unspecified atom stereocenters. The Kier molecular flexibility index (Phi) is 5.72. The molecule has 0 atom stereocenters. The molecule has 11 heteroatoms. The topological polar surface area (TPSA) is 142 Å². The molecule has 0 saturated carbocycles. The van der Waals surface area contributed by atoms with Crippen LogP contribution in [-0.4, -0.2) is 33.1 Å². The number of carbonyl (C=O) groups excluding carboxylic acids is 2. The molecule has 2 amide bonds. The molecule has 0 radical (unpaired) electrons. The minimum absolute atomic E-state index is 0.0454. The number of rotatable bonds is 5. The Bertz CT molecular complexity index is 1390. The lowest BCUT2D eigenvalue weighted by molar-refractivity contribution is -0.385. The summed E-state index contributed by atoms with van der Waals surface area (Å²) in [4.78, 5) is 48.4. The number of benzene rings is 3.